The molecule has 1 aliphatic heterocycles. The summed E-state index contributed by atoms with van der Waals surface area (Å²) in [7, 11) is 0. The summed E-state index contributed by atoms with van der Waals surface area (Å²) in [6, 6.07) is 4.43. The van der Waals surface area contributed by atoms with Crippen LogP contribution in [0.3, 0.4) is 0 Å². The number of rotatable bonds is 4. The van der Waals surface area contributed by atoms with Crippen molar-refractivity contribution in [2.24, 2.45) is 0 Å². The number of hydrogen-bond donors (Lipinski definition) is 0. The van der Waals surface area contributed by atoms with Crippen LogP contribution in [0.15, 0.2) is 18.2 Å². The Labute approximate surface area is 158 Å². The zero-order chi connectivity index (χ0) is 20.2. The molecule has 2 rings (SSSR count). The Morgan fingerprint density at radius 2 is 1.81 bits per heavy atom. The van der Waals surface area contributed by atoms with Crippen LogP contribution in [0.1, 0.15) is 38.1 Å². The summed E-state index contributed by atoms with van der Waals surface area (Å²) < 4.78 is 10.2. The first-order valence-electron chi connectivity index (χ1n) is 8.81. The normalized spacial score (nSPS) is 14.7. The van der Waals surface area contributed by atoms with Gasteiger partial charge in [0.05, 0.1) is 11.5 Å². The van der Waals surface area contributed by atoms with Gasteiger partial charge in [0.25, 0.3) is 5.69 Å². The van der Waals surface area contributed by atoms with Crippen molar-refractivity contribution >= 4 is 23.4 Å². The molecule has 0 N–H and O–H groups in total. The van der Waals surface area contributed by atoms with Gasteiger partial charge in [-0.05, 0) is 39.8 Å². The highest BCUT2D eigenvalue weighted by Gasteiger charge is 2.28. The van der Waals surface area contributed by atoms with Crippen molar-refractivity contribution in [3.63, 3.8) is 0 Å². The fourth-order valence-corrected chi connectivity index (χ4v) is 2.72. The molecule has 1 heterocycles. The number of ether oxygens (including phenoxy) is 2. The minimum absolute atomic E-state index is 0.0713. The zero-order valence-electron chi connectivity index (χ0n) is 16.1. The summed E-state index contributed by atoms with van der Waals surface area (Å²) in [5, 5.41) is 11.3. The van der Waals surface area contributed by atoms with E-state index in [-0.39, 0.29) is 24.0 Å². The number of nitrogens with zero attached hydrogens (tertiary/aromatic N) is 3. The number of esters is 1. The van der Waals surface area contributed by atoms with Crippen LogP contribution in [0.25, 0.3) is 0 Å². The van der Waals surface area contributed by atoms with Crippen LogP contribution in [0.5, 0.6) is 0 Å². The van der Waals surface area contributed by atoms with Crippen LogP contribution in [0.4, 0.5) is 16.2 Å². The quantitative estimate of drug-likeness (QED) is 0.450. The fraction of sp³-hybridized carbons (Fsp3) is 0.556. The van der Waals surface area contributed by atoms with E-state index in [1.807, 2.05) is 25.7 Å². The van der Waals surface area contributed by atoms with Gasteiger partial charge in [0.2, 0.25) is 0 Å². The van der Waals surface area contributed by atoms with Crippen molar-refractivity contribution < 1.29 is 24.0 Å². The summed E-state index contributed by atoms with van der Waals surface area (Å²) in [4.78, 5) is 38.3. The summed E-state index contributed by atoms with van der Waals surface area (Å²) in [6.45, 7) is 9.13. The second kappa shape index (κ2) is 8.24. The Bertz CT molecular complexity index is 720. The molecular formula is C18H25N3O6. The molecule has 0 radical (unpaired) electrons. The molecule has 9 nitrogen and oxygen atoms in total. The Balaban J connectivity index is 2.10. The van der Waals surface area contributed by atoms with E-state index < -0.39 is 16.5 Å². The van der Waals surface area contributed by atoms with Gasteiger partial charge in [-0.25, -0.2) is 9.59 Å². The van der Waals surface area contributed by atoms with Crippen LogP contribution in [0.2, 0.25) is 0 Å². The standard InChI is InChI=1S/C18H25N3O6/c1-5-26-16(22)14-7-6-13(12-15(14)21(24)25)19-8-10-20(11-9-19)17(23)27-18(2,3)4/h6-7,12H,5,8-11H2,1-4H3. The van der Waals surface area contributed by atoms with Crippen molar-refractivity contribution in [3.8, 4) is 0 Å². The van der Waals surface area contributed by atoms with Gasteiger partial charge in [0, 0.05) is 37.9 Å². The van der Waals surface area contributed by atoms with E-state index in [1.165, 1.54) is 12.1 Å². The van der Waals surface area contributed by atoms with E-state index in [2.05, 4.69) is 0 Å². The number of anilines is 1. The van der Waals surface area contributed by atoms with E-state index in [0.717, 1.165) is 0 Å². The SMILES string of the molecule is CCOC(=O)c1ccc(N2CCN(C(=O)OC(C)(C)C)CC2)cc1[N+](=O)[O-]. The minimum Gasteiger partial charge on any atom is -0.462 e. The third-order valence-electron chi connectivity index (χ3n) is 3.97. The van der Waals surface area contributed by atoms with Gasteiger partial charge in [0.1, 0.15) is 11.2 Å². The molecule has 0 aliphatic carbocycles. The molecule has 0 spiro atoms. The Kier molecular flexibility index (Phi) is 6.24. The van der Waals surface area contributed by atoms with E-state index >= 15 is 0 Å². The number of carbonyl (C=O) groups excluding carboxylic acids is 2. The summed E-state index contributed by atoms with van der Waals surface area (Å²) >= 11 is 0. The number of piperazine rings is 1. The molecule has 0 aromatic heterocycles. The molecule has 0 atom stereocenters. The lowest BCUT2D eigenvalue weighted by molar-refractivity contribution is -0.385. The predicted molar refractivity (Wildman–Crippen MR) is 99.1 cm³/mol. The average molecular weight is 379 g/mol. The Morgan fingerprint density at radius 3 is 2.33 bits per heavy atom. The van der Waals surface area contributed by atoms with Crippen molar-refractivity contribution in [2.45, 2.75) is 33.3 Å². The smallest absolute Gasteiger partial charge is 0.410 e. The lowest BCUT2D eigenvalue weighted by Crippen LogP contribution is -2.50. The maximum Gasteiger partial charge on any atom is 0.410 e. The van der Waals surface area contributed by atoms with Crippen LogP contribution in [-0.4, -0.2) is 60.3 Å². The lowest BCUT2D eigenvalue weighted by atomic mass is 10.1. The first-order valence-corrected chi connectivity index (χ1v) is 8.81. The number of carbonyl (C=O) groups is 2. The number of nitro groups is 1. The van der Waals surface area contributed by atoms with E-state index in [1.54, 1.807) is 17.9 Å². The predicted octanol–water partition coefficient (Wildman–Crippen LogP) is 2.83. The lowest BCUT2D eigenvalue weighted by Gasteiger charge is -2.36. The third-order valence-corrected chi connectivity index (χ3v) is 3.97. The van der Waals surface area contributed by atoms with Crippen molar-refractivity contribution in [1.29, 1.82) is 0 Å². The molecule has 1 amide bonds. The van der Waals surface area contributed by atoms with Crippen LogP contribution in [0, 0.1) is 10.1 Å². The van der Waals surface area contributed by atoms with Crippen LogP contribution in [-0.2, 0) is 9.47 Å². The van der Waals surface area contributed by atoms with Gasteiger partial charge in [-0.2, -0.15) is 0 Å². The summed E-state index contributed by atoms with van der Waals surface area (Å²) in [6.07, 6.45) is -0.370. The topological polar surface area (TPSA) is 102 Å². The monoisotopic (exact) mass is 379 g/mol. The maximum absolute atomic E-state index is 12.1. The van der Waals surface area contributed by atoms with E-state index in [0.29, 0.717) is 31.9 Å². The number of benzene rings is 1. The first kappa shape index (κ1) is 20.5. The molecule has 1 aromatic carbocycles. The van der Waals surface area contributed by atoms with Crippen molar-refractivity contribution in [1.82, 2.24) is 4.90 Å². The van der Waals surface area contributed by atoms with Gasteiger partial charge in [-0.15, -0.1) is 0 Å². The first-order chi connectivity index (χ1) is 12.6. The molecule has 1 fully saturated rings. The maximum atomic E-state index is 12.1. The molecule has 148 valence electrons. The molecule has 27 heavy (non-hydrogen) atoms. The van der Waals surface area contributed by atoms with Crippen LogP contribution < -0.4 is 4.90 Å². The summed E-state index contributed by atoms with van der Waals surface area (Å²) in [5.74, 6) is -0.717. The Morgan fingerprint density at radius 1 is 1.19 bits per heavy atom. The molecule has 9 heteroatoms. The largest absolute Gasteiger partial charge is 0.462 e. The van der Waals surface area contributed by atoms with Gasteiger partial charge in [0.15, 0.2) is 0 Å². The number of hydrogen-bond acceptors (Lipinski definition) is 7. The van der Waals surface area contributed by atoms with E-state index in [9.17, 15) is 19.7 Å². The fourth-order valence-electron chi connectivity index (χ4n) is 2.72. The molecule has 1 aromatic rings. The van der Waals surface area contributed by atoms with Crippen molar-refractivity contribution in [3.05, 3.63) is 33.9 Å². The molecule has 0 bridgehead atoms. The molecule has 1 saturated heterocycles. The highest BCUT2D eigenvalue weighted by Crippen LogP contribution is 2.27. The second-order valence-electron chi connectivity index (χ2n) is 7.13. The highest BCUT2D eigenvalue weighted by molar-refractivity contribution is 5.94. The summed E-state index contributed by atoms with van der Waals surface area (Å²) in [5.41, 5.74) is -0.297. The van der Waals surface area contributed by atoms with E-state index in [4.69, 9.17) is 9.47 Å². The van der Waals surface area contributed by atoms with Gasteiger partial charge >= 0.3 is 12.1 Å². The molecule has 0 unspecified atom stereocenters. The molecular weight excluding hydrogens is 354 g/mol. The second-order valence-corrected chi connectivity index (χ2v) is 7.13. The van der Waals surface area contributed by atoms with Crippen molar-refractivity contribution in [2.75, 3.05) is 37.7 Å². The Hall–Kier alpha value is -2.84. The van der Waals surface area contributed by atoms with Gasteiger partial charge < -0.3 is 19.3 Å². The third kappa shape index (κ3) is 5.32. The minimum atomic E-state index is -0.717. The van der Waals surface area contributed by atoms with Gasteiger partial charge in [-0.1, -0.05) is 0 Å². The van der Waals surface area contributed by atoms with Crippen LogP contribution >= 0.6 is 0 Å². The molecule has 0 saturated carbocycles. The highest BCUT2D eigenvalue weighted by atomic mass is 16.6. The average Bonchev–Trinajstić information content (AvgIpc) is 2.60. The number of amides is 1. The number of nitro benzene ring substituents is 1. The zero-order valence-corrected chi connectivity index (χ0v) is 16.1. The molecule has 1 aliphatic rings. The van der Waals surface area contributed by atoms with Gasteiger partial charge in [-0.3, -0.25) is 10.1 Å².